The van der Waals surface area contributed by atoms with Crippen molar-refractivity contribution < 1.29 is 22.7 Å². The number of nitrogens with zero attached hydrogens (tertiary/aromatic N) is 2. The van der Waals surface area contributed by atoms with E-state index in [0.717, 1.165) is 24.1 Å². The van der Waals surface area contributed by atoms with Gasteiger partial charge in [0.15, 0.2) is 0 Å². The summed E-state index contributed by atoms with van der Waals surface area (Å²) in [7, 11) is 0. The summed E-state index contributed by atoms with van der Waals surface area (Å²) in [6.45, 7) is 3.52. The summed E-state index contributed by atoms with van der Waals surface area (Å²) in [6, 6.07) is 8.95. The van der Waals surface area contributed by atoms with Crippen molar-refractivity contribution in [1.29, 1.82) is 0 Å². The Morgan fingerprint density at radius 3 is 2.50 bits per heavy atom. The van der Waals surface area contributed by atoms with E-state index in [4.69, 9.17) is 4.74 Å². The van der Waals surface area contributed by atoms with Gasteiger partial charge in [0.1, 0.15) is 11.6 Å². The molecule has 2 aromatic rings. The van der Waals surface area contributed by atoms with E-state index in [1.54, 1.807) is 29.2 Å². The first-order valence-electron chi connectivity index (χ1n) is 9.18. The molecule has 8 heteroatoms. The maximum absolute atomic E-state index is 12.8. The molecule has 0 unspecified atom stereocenters. The lowest BCUT2D eigenvalue weighted by molar-refractivity contribution is -0.137. The Bertz CT molecular complexity index is 801. The molecule has 5 nitrogen and oxygen atoms in total. The van der Waals surface area contributed by atoms with Crippen LogP contribution < -0.4 is 10.1 Å². The Morgan fingerprint density at radius 2 is 1.89 bits per heavy atom. The summed E-state index contributed by atoms with van der Waals surface area (Å²) in [6.07, 6.45) is -1.97. The number of hydrogen-bond donors (Lipinski definition) is 1. The summed E-state index contributed by atoms with van der Waals surface area (Å²) in [5.41, 5.74) is -0.137. The van der Waals surface area contributed by atoms with E-state index >= 15 is 0 Å². The zero-order valence-corrected chi connectivity index (χ0v) is 15.5. The molecule has 0 bridgehead atoms. The first-order chi connectivity index (χ1) is 13.4. The van der Waals surface area contributed by atoms with Gasteiger partial charge in [-0.2, -0.15) is 13.2 Å². The smallest absolute Gasteiger partial charge is 0.416 e. The third-order valence-corrected chi connectivity index (χ3v) is 4.63. The van der Waals surface area contributed by atoms with E-state index in [9.17, 15) is 18.0 Å². The van der Waals surface area contributed by atoms with Crippen LogP contribution in [0, 0.1) is 0 Å². The maximum atomic E-state index is 12.8. The molecule has 1 aromatic carbocycles. The first kappa shape index (κ1) is 20.0. The highest BCUT2D eigenvalue weighted by Gasteiger charge is 2.31. The second kappa shape index (κ2) is 8.50. The zero-order valence-electron chi connectivity index (χ0n) is 15.5. The van der Waals surface area contributed by atoms with Gasteiger partial charge in [0.2, 0.25) is 0 Å². The van der Waals surface area contributed by atoms with Crippen molar-refractivity contribution >= 4 is 11.7 Å². The van der Waals surface area contributed by atoms with Crippen molar-refractivity contribution in [3.63, 3.8) is 0 Å². The number of halogens is 3. The number of hydrogen-bond acceptors (Lipinski definition) is 4. The molecule has 0 saturated carbocycles. The van der Waals surface area contributed by atoms with Gasteiger partial charge in [-0.15, -0.1) is 0 Å². The molecule has 1 aliphatic rings. The van der Waals surface area contributed by atoms with Crippen LogP contribution in [-0.4, -0.2) is 41.5 Å². The molecule has 0 spiro atoms. The number of amides is 1. The van der Waals surface area contributed by atoms with Crippen LogP contribution in [0.3, 0.4) is 0 Å². The van der Waals surface area contributed by atoms with Crippen LogP contribution >= 0.6 is 0 Å². The Balaban J connectivity index is 1.55. The molecule has 2 heterocycles. The van der Waals surface area contributed by atoms with Crippen LogP contribution in [0.2, 0.25) is 0 Å². The van der Waals surface area contributed by atoms with E-state index in [0.29, 0.717) is 38.1 Å². The molecule has 0 aliphatic carbocycles. The molecule has 3 rings (SSSR count). The molecule has 1 amide bonds. The van der Waals surface area contributed by atoms with E-state index < -0.39 is 11.7 Å². The minimum atomic E-state index is -4.40. The predicted molar refractivity (Wildman–Crippen MR) is 99.4 cm³/mol. The van der Waals surface area contributed by atoms with Gasteiger partial charge in [-0.1, -0.05) is 0 Å². The Morgan fingerprint density at radius 1 is 1.21 bits per heavy atom. The monoisotopic (exact) mass is 393 g/mol. The number of rotatable bonds is 5. The standard InChI is InChI=1S/C20H22F3N3O2/c1-2-28-17-5-3-14(4-6-17)19(27)26-11-8-16(9-12-26)25-18-13-15(7-10-24-18)20(21,22)23/h3-7,10,13,16H,2,8-9,11-12H2,1H3,(H,24,25). The molecular weight excluding hydrogens is 371 g/mol. The van der Waals surface area contributed by atoms with Crippen molar-refractivity contribution in [2.75, 3.05) is 25.0 Å². The topological polar surface area (TPSA) is 54.5 Å². The lowest BCUT2D eigenvalue weighted by Gasteiger charge is -2.32. The molecule has 0 radical (unpaired) electrons. The molecule has 28 heavy (non-hydrogen) atoms. The Labute approximate surface area is 161 Å². The number of alkyl halides is 3. The molecule has 1 aromatic heterocycles. The quantitative estimate of drug-likeness (QED) is 0.827. The fourth-order valence-electron chi connectivity index (χ4n) is 3.16. The van der Waals surface area contributed by atoms with E-state index in [1.807, 2.05) is 6.92 Å². The summed E-state index contributed by atoms with van der Waals surface area (Å²) < 4.78 is 43.8. The molecule has 1 saturated heterocycles. The van der Waals surface area contributed by atoms with E-state index in [2.05, 4.69) is 10.3 Å². The van der Waals surface area contributed by atoms with Crippen LogP contribution in [0.5, 0.6) is 5.75 Å². The summed E-state index contributed by atoms with van der Waals surface area (Å²) in [5, 5.41) is 3.05. The molecule has 1 fully saturated rings. The first-order valence-corrected chi connectivity index (χ1v) is 9.18. The number of pyridine rings is 1. The summed E-state index contributed by atoms with van der Waals surface area (Å²) in [4.78, 5) is 18.3. The highest BCUT2D eigenvalue weighted by atomic mass is 19.4. The molecular formula is C20H22F3N3O2. The highest BCUT2D eigenvalue weighted by molar-refractivity contribution is 5.94. The predicted octanol–water partition coefficient (Wildman–Crippen LogP) is 4.22. The number of aromatic nitrogens is 1. The lowest BCUT2D eigenvalue weighted by Crippen LogP contribution is -2.42. The highest BCUT2D eigenvalue weighted by Crippen LogP contribution is 2.30. The van der Waals surface area contributed by atoms with Gasteiger partial charge in [-0.3, -0.25) is 4.79 Å². The van der Waals surface area contributed by atoms with Crippen LogP contribution in [0.15, 0.2) is 42.6 Å². The van der Waals surface area contributed by atoms with Gasteiger partial charge >= 0.3 is 6.18 Å². The van der Waals surface area contributed by atoms with Gasteiger partial charge in [0.25, 0.3) is 5.91 Å². The number of piperidine rings is 1. The average Bonchev–Trinajstić information content (AvgIpc) is 2.68. The van der Waals surface area contributed by atoms with Gasteiger partial charge in [-0.05, 0) is 56.2 Å². The summed E-state index contributed by atoms with van der Waals surface area (Å²) in [5.74, 6) is 0.861. The van der Waals surface area contributed by atoms with Crippen molar-refractivity contribution in [3.8, 4) is 5.75 Å². The van der Waals surface area contributed by atoms with Crippen LogP contribution in [0.1, 0.15) is 35.7 Å². The van der Waals surface area contributed by atoms with Gasteiger partial charge in [0.05, 0.1) is 12.2 Å². The number of likely N-dealkylation sites (tertiary alicyclic amines) is 1. The molecule has 0 atom stereocenters. The lowest BCUT2D eigenvalue weighted by atomic mass is 10.0. The third-order valence-electron chi connectivity index (χ3n) is 4.63. The number of anilines is 1. The van der Waals surface area contributed by atoms with Crippen molar-refractivity contribution in [1.82, 2.24) is 9.88 Å². The minimum Gasteiger partial charge on any atom is -0.494 e. The van der Waals surface area contributed by atoms with Gasteiger partial charge < -0.3 is 15.0 Å². The number of carbonyl (C=O) groups excluding carboxylic acids is 1. The molecule has 150 valence electrons. The third kappa shape index (κ3) is 4.94. The maximum Gasteiger partial charge on any atom is 0.416 e. The van der Waals surface area contributed by atoms with Crippen molar-refractivity contribution in [2.45, 2.75) is 32.0 Å². The van der Waals surface area contributed by atoms with Crippen LogP contribution in [0.25, 0.3) is 0 Å². The minimum absolute atomic E-state index is 0.0274. The largest absolute Gasteiger partial charge is 0.494 e. The van der Waals surface area contributed by atoms with Crippen LogP contribution in [-0.2, 0) is 6.18 Å². The number of ether oxygens (including phenoxy) is 1. The summed E-state index contributed by atoms with van der Waals surface area (Å²) >= 11 is 0. The molecule has 1 aliphatic heterocycles. The molecule has 1 N–H and O–H groups in total. The second-order valence-corrected chi connectivity index (χ2v) is 6.60. The normalized spacial score (nSPS) is 15.4. The van der Waals surface area contributed by atoms with Crippen molar-refractivity contribution in [3.05, 3.63) is 53.7 Å². The van der Waals surface area contributed by atoms with Gasteiger partial charge in [0, 0.05) is 30.9 Å². The fraction of sp³-hybridized carbons (Fsp3) is 0.400. The zero-order chi connectivity index (χ0) is 20.1. The number of benzene rings is 1. The number of nitrogens with one attached hydrogen (secondary N) is 1. The Hall–Kier alpha value is -2.77. The second-order valence-electron chi connectivity index (χ2n) is 6.60. The van der Waals surface area contributed by atoms with Crippen LogP contribution in [0.4, 0.5) is 19.0 Å². The van der Waals surface area contributed by atoms with E-state index in [1.165, 1.54) is 0 Å². The SMILES string of the molecule is CCOc1ccc(C(=O)N2CCC(Nc3cc(C(F)(F)F)ccn3)CC2)cc1. The van der Waals surface area contributed by atoms with E-state index in [-0.39, 0.29) is 17.8 Å². The van der Waals surface area contributed by atoms with Gasteiger partial charge in [-0.25, -0.2) is 4.98 Å². The average molecular weight is 393 g/mol. The number of carbonyl (C=O) groups is 1. The Kier molecular flexibility index (Phi) is 6.06. The fourth-order valence-corrected chi connectivity index (χ4v) is 3.16. The van der Waals surface area contributed by atoms with Crippen molar-refractivity contribution in [2.24, 2.45) is 0 Å².